The van der Waals surface area contributed by atoms with E-state index in [1.807, 2.05) is 41.2 Å². The Hall–Kier alpha value is -3.91. The summed E-state index contributed by atoms with van der Waals surface area (Å²) in [6, 6.07) is 20.5. The van der Waals surface area contributed by atoms with Crippen LogP contribution in [0.25, 0.3) is 33.9 Å². The molecule has 34 heavy (non-hydrogen) atoms. The predicted molar refractivity (Wildman–Crippen MR) is 126 cm³/mol. The molecular weight excluding hydrogens is 456 g/mol. The van der Waals surface area contributed by atoms with Gasteiger partial charge in [0.2, 0.25) is 0 Å². The van der Waals surface area contributed by atoms with Crippen LogP contribution in [0, 0.1) is 11.6 Å². The average Bonchev–Trinajstić information content (AvgIpc) is 3.24. The van der Waals surface area contributed by atoms with Crippen molar-refractivity contribution in [3.63, 3.8) is 0 Å². The number of aromatic nitrogens is 3. The summed E-state index contributed by atoms with van der Waals surface area (Å²) in [4.78, 5) is 9.00. The molecule has 2 aliphatic heterocycles. The maximum Gasteiger partial charge on any atom is 0.175 e. The van der Waals surface area contributed by atoms with Crippen LogP contribution in [0.5, 0.6) is 0 Å². The summed E-state index contributed by atoms with van der Waals surface area (Å²) in [5.74, 6) is -1.75. The molecular formula is C26H19F2N3O2S. The summed E-state index contributed by atoms with van der Waals surface area (Å²) in [6.45, 7) is 0.583. The molecule has 0 aliphatic carbocycles. The smallest absolute Gasteiger partial charge is 0.175 e. The highest BCUT2D eigenvalue weighted by Gasteiger charge is 2.17. The fraction of sp³-hybridized carbons (Fsp3) is 0.0769. The fourth-order valence-corrected chi connectivity index (χ4v) is 4.39. The number of fused-ring (bicyclic) bond motifs is 1. The van der Waals surface area contributed by atoms with Crippen LogP contribution >= 0.6 is 0 Å². The summed E-state index contributed by atoms with van der Waals surface area (Å²) >= 11 is 0. The van der Waals surface area contributed by atoms with Gasteiger partial charge >= 0.3 is 0 Å². The lowest BCUT2D eigenvalue weighted by molar-refractivity contribution is 0.510. The first kappa shape index (κ1) is 21.9. The van der Waals surface area contributed by atoms with E-state index in [4.69, 9.17) is 0 Å². The van der Waals surface area contributed by atoms with Crippen molar-refractivity contribution in [1.82, 2.24) is 14.5 Å². The van der Waals surface area contributed by atoms with Crippen molar-refractivity contribution in [3.8, 4) is 33.9 Å². The monoisotopic (exact) mass is 475 g/mol. The third-order valence-corrected chi connectivity index (χ3v) is 6.68. The maximum atomic E-state index is 14.1. The van der Waals surface area contributed by atoms with E-state index >= 15 is 0 Å². The molecule has 2 aliphatic rings. The van der Waals surface area contributed by atoms with Crippen molar-refractivity contribution in [2.75, 3.05) is 6.26 Å². The predicted octanol–water partition coefficient (Wildman–Crippen LogP) is 5.45. The van der Waals surface area contributed by atoms with Crippen LogP contribution in [-0.4, -0.2) is 29.2 Å². The molecule has 0 spiro atoms. The van der Waals surface area contributed by atoms with Crippen molar-refractivity contribution in [2.24, 2.45) is 0 Å². The van der Waals surface area contributed by atoms with E-state index in [0.717, 1.165) is 22.8 Å². The molecule has 0 amide bonds. The van der Waals surface area contributed by atoms with Crippen LogP contribution in [0.2, 0.25) is 0 Å². The lowest BCUT2D eigenvalue weighted by Crippen LogP contribution is -2.01. The van der Waals surface area contributed by atoms with Crippen LogP contribution < -0.4 is 0 Å². The van der Waals surface area contributed by atoms with Crippen molar-refractivity contribution in [3.05, 3.63) is 102 Å². The van der Waals surface area contributed by atoms with Gasteiger partial charge in [0.05, 0.1) is 16.2 Å². The van der Waals surface area contributed by atoms with Crippen LogP contribution in [0.4, 0.5) is 8.78 Å². The molecule has 0 fully saturated rings. The SMILES string of the molecule is CS(=O)(=O)c1ccc(-c2ccc(Cn3ccc4nc(-c5cccc(F)c5F)nc-4c3)cc2)cc1. The highest BCUT2D eigenvalue weighted by Crippen LogP contribution is 2.28. The van der Waals surface area contributed by atoms with Crippen molar-refractivity contribution in [2.45, 2.75) is 11.4 Å². The fourth-order valence-electron chi connectivity index (χ4n) is 3.76. The van der Waals surface area contributed by atoms with Gasteiger partial charge in [-0.05, 0) is 47.0 Å². The highest BCUT2D eigenvalue weighted by atomic mass is 32.2. The number of benzene rings is 3. The maximum absolute atomic E-state index is 14.1. The quantitative estimate of drug-likeness (QED) is 0.339. The molecule has 3 aromatic rings. The lowest BCUT2D eigenvalue weighted by atomic mass is 10.0. The molecule has 0 atom stereocenters. The zero-order valence-electron chi connectivity index (χ0n) is 18.1. The molecule has 2 heterocycles. The van der Waals surface area contributed by atoms with Gasteiger partial charge in [0.1, 0.15) is 5.69 Å². The number of sulfone groups is 1. The molecule has 5 nitrogen and oxygen atoms in total. The molecule has 8 heteroatoms. The minimum Gasteiger partial charge on any atom is -0.348 e. The van der Waals surface area contributed by atoms with Gasteiger partial charge in [-0.1, -0.05) is 42.5 Å². The molecule has 0 saturated carbocycles. The van der Waals surface area contributed by atoms with Gasteiger partial charge in [0, 0.05) is 25.2 Å². The first-order chi connectivity index (χ1) is 16.3. The van der Waals surface area contributed by atoms with E-state index < -0.39 is 21.5 Å². The number of hydrogen-bond donors (Lipinski definition) is 0. The number of imidazole rings is 1. The standard InChI is InChI=1S/C26H19F2N3O2S/c1-34(32,33)20-11-9-19(10-12-20)18-7-5-17(6-8-18)15-31-14-13-23-24(16-31)30-26(29-23)21-3-2-4-22(27)25(21)28/h2-14,16H,15H2,1H3. The zero-order valence-corrected chi connectivity index (χ0v) is 18.9. The number of halogens is 2. The van der Waals surface area contributed by atoms with Gasteiger partial charge in [-0.25, -0.2) is 27.2 Å². The second kappa shape index (κ2) is 8.46. The Kier molecular flexibility index (Phi) is 5.45. The molecule has 0 saturated heterocycles. The summed E-state index contributed by atoms with van der Waals surface area (Å²) < 4.78 is 52.9. The largest absolute Gasteiger partial charge is 0.348 e. The van der Waals surface area contributed by atoms with Crippen molar-refractivity contribution < 1.29 is 17.2 Å². The van der Waals surface area contributed by atoms with Crippen LogP contribution in [-0.2, 0) is 16.4 Å². The van der Waals surface area contributed by atoms with Crippen LogP contribution in [0.1, 0.15) is 5.56 Å². The van der Waals surface area contributed by atoms with E-state index in [9.17, 15) is 17.2 Å². The lowest BCUT2D eigenvalue weighted by Gasteiger charge is -2.09. The Balaban J connectivity index is 1.36. The molecule has 5 rings (SSSR count). The van der Waals surface area contributed by atoms with Gasteiger partial charge in [-0.3, -0.25) is 0 Å². The Bertz CT molecular complexity index is 1560. The molecule has 0 N–H and O–H groups in total. The first-order valence-corrected chi connectivity index (χ1v) is 12.3. The molecule has 0 bridgehead atoms. The Labute approximate surface area is 195 Å². The summed E-state index contributed by atoms with van der Waals surface area (Å²) in [5, 5.41) is 0. The van der Waals surface area contributed by atoms with Gasteiger partial charge in [0.15, 0.2) is 27.3 Å². The number of pyridine rings is 1. The molecule has 0 aromatic heterocycles. The van der Waals surface area contributed by atoms with Crippen LogP contribution in [0.3, 0.4) is 0 Å². The Morgan fingerprint density at radius 2 is 1.47 bits per heavy atom. The van der Waals surface area contributed by atoms with E-state index in [2.05, 4.69) is 9.97 Å². The number of hydrogen-bond acceptors (Lipinski definition) is 4. The highest BCUT2D eigenvalue weighted by molar-refractivity contribution is 7.90. The number of nitrogens with zero attached hydrogens (tertiary/aromatic N) is 3. The van der Waals surface area contributed by atoms with E-state index in [1.54, 1.807) is 30.3 Å². The number of rotatable bonds is 5. The second-order valence-electron chi connectivity index (χ2n) is 8.03. The van der Waals surface area contributed by atoms with Gasteiger partial charge in [0.25, 0.3) is 0 Å². The Morgan fingerprint density at radius 1 is 0.824 bits per heavy atom. The van der Waals surface area contributed by atoms with Gasteiger partial charge < -0.3 is 4.57 Å². The van der Waals surface area contributed by atoms with E-state index in [1.165, 1.54) is 18.4 Å². The normalized spacial score (nSPS) is 11.7. The molecule has 3 aromatic carbocycles. The first-order valence-electron chi connectivity index (χ1n) is 10.5. The summed E-state index contributed by atoms with van der Waals surface area (Å²) in [7, 11) is -3.22. The minimum atomic E-state index is -3.22. The molecule has 0 radical (unpaired) electrons. The van der Waals surface area contributed by atoms with Crippen molar-refractivity contribution in [1.29, 1.82) is 0 Å². The zero-order chi connectivity index (χ0) is 23.9. The van der Waals surface area contributed by atoms with E-state index in [0.29, 0.717) is 22.8 Å². The molecule has 170 valence electrons. The van der Waals surface area contributed by atoms with Gasteiger partial charge in [-0.2, -0.15) is 0 Å². The molecule has 0 unspecified atom stereocenters. The summed E-state index contributed by atoms with van der Waals surface area (Å²) in [5.41, 5.74) is 4.18. The third kappa shape index (κ3) is 4.32. The van der Waals surface area contributed by atoms with Crippen LogP contribution in [0.15, 0.2) is 90.1 Å². The topological polar surface area (TPSA) is 64.8 Å². The van der Waals surface area contributed by atoms with Gasteiger partial charge in [-0.15, -0.1) is 0 Å². The average molecular weight is 476 g/mol. The van der Waals surface area contributed by atoms with E-state index in [-0.39, 0.29) is 11.4 Å². The minimum absolute atomic E-state index is 0.0305. The van der Waals surface area contributed by atoms with Crippen molar-refractivity contribution >= 4 is 9.84 Å². The third-order valence-electron chi connectivity index (χ3n) is 5.55. The summed E-state index contributed by atoms with van der Waals surface area (Å²) in [6.07, 6.45) is 4.87. The second-order valence-corrected chi connectivity index (χ2v) is 10.0. The Morgan fingerprint density at radius 3 is 2.15 bits per heavy atom.